The van der Waals surface area contributed by atoms with Gasteiger partial charge >= 0.3 is 0 Å². The van der Waals surface area contributed by atoms with E-state index in [1.165, 1.54) is 18.2 Å². The normalized spacial score (nSPS) is 11.4. The van der Waals surface area contributed by atoms with Crippen LogP contribution in [0.5, 0.6) is 5.75 Å². The first-order valence-corrected chi connectivity index (χ1v) is 7.10. The average molecular weight is 278 g/mol. The number of nitrogens with two attached hydrogens (primary N) is 1. The van der Waals surface area contributed by atoms with Gasteiger partial charge in [-0.15, -0.1) is 0 Å². The number of hydrogen-bond acceptors (Lipinski definition) is 4. The van der Waals surface area contributed by atoms with E-state index in [4.69, 9.17) is 5.73 Å². The highest BCUT2D eigenvalue weighted by Crippen LogP contribution is 2.27. The third kappa shape index (κ3) is 3.04. The molecule has 0 saturated heterocycles. The molecular weight excluding hydrogens is 264 g/mol. The van der Waals surface area contributed by atoms with Gasteiger partial charge < -0.3 is 10.8 Å². The molecule has 0 aliphatic carbocycles. The molecular formula is C13H14N2O3S. The molecule has 0 unspecified atom stereocenters. The Labute approximate surface area is 111 Å². The summed E-state index contributed by atoms with van der Waals surface area (Å²) in [5.74, 6) is -0.248. The largest absolute Gasteiger partial charge is 0.506 e. The summed E-state index contributed by atoms with van der Waals surface area (Å²) < 4.78 is 26.6. The second-order valence-electron chi connectivity index (χ2n) is 4.00. The predicted molar refractivity (Wildman–Crippen MR) is 73.0 cm³/mol. The van der Waals surface area contributed by atoms with E-state index in [1.807, 2.05) is 30.3 Å². The maximum atomic E-state index is 12.1. The van der Waals surface area contributed by atoms with Crippen molar-refractivity contribution in [1.29, 1.82) is 0 Å². The lowest BCUT2D eigenvalue weighted by molar-refractivity contribution is 0.476. The first kappa shape index (κ1) is 13.4. The van der Waals surface area contributed by atoms with Gasteiger partial charge in [-0.3, -0.25) is 0 Å². The van der Waals surface area contributed by atoms with Gasteiger partial charge in [0.25, 0.3) is 0 Å². The van der Waals surface area contributed by atoms with Crippen molar-refractivity contribution in [2.24, 2.45) is 0 Å². The molecule has 0 bridgehead atoms. The Morgan fingerprint density at radius 2 is 1.74 bits per heavy atom. The van der Waals surface area contributed by atoms with Crippen LogP contribution in [-0.2, 0) is 16.6 Å². The van der Waals surface area contributed by atoms with Crippen molar-refractivity contribution in [3.05, 3.63) is 54.1 Å². The number of aromatic hydroxyl groups is 1. The number of anilines is 1. The Bertz CT molecular complexity index is 670. The van der Waals surface area contributed by atoms with Crippen LogP contribution in [0.2, 0.25) is 0 Å². The van der Waals surface area contributed by atoms with Crippen LogP contribution in [0.15, 0.2) is 53.4 Å². The predicted octanol–water partition coefficient (Wildman–Crippen LogP) is 1.45. The van der Waals surface area contributed by atoms with Gasteiger partial charge in [0.1, 0.15) is 10.6 Å². The van der Waals surface area contributed by atoms with E-state index in [0.29, 0.717) is 0 Å². The fourth-order valence-corrected chi connectivity index (χ4v) is 2.78. The van der Waals surface area contributed by atoms with Crippen molar-refractivity contribution in [1.82, 2.24) is 4.72 Å². The third-order valence-electron chi connectivity index (χ3n) is 2.64. The van der Waals surface area contributed by atoms with Crippen LogP contribution < -0.4 is 10.5 Å². The molecule has 0 heterocycles. The summed E-state index contributed by atoms with van der Waals surface area (Å²) >= 11 is 0. The van der Waals surface area contributed by atoms with E-state index in [0.717, 1.165) is 5.56 Å². The third-order valence-corrected chi connectivity index (χ3v) is 4.10. The lowest BCUT2D eigenvalue weighted by Gasteiger charge is -2.10. The minimum absolute atomic E-state index is 0.122. The number of nitrogens with one attached hydrogen (secondary N) is 1. The molecule has 0 spiro atoms. The van der Waals surface area contributed by atoms with Gasteiger partial charge in [0.2, 0.25) is 10.0 Å². The molecule has 6 heteroatoms. The molecule has 0 fully saturated rings. The van der Waals surface area contributed by atoms with Crippen LogP contribution in [0.4, 0.5) is 5.69 Å². The molecule has 19 heavy (non-hydrogen) atoms. The van der Waals surface area contributed by atoms with Crippen molar-refractivity contribution >= 4 is 15.7 Å². The van der Waals surface area contributed by atoms with E-state index < -0.39 is 10.0 Å². The Balaban J connectivity index is 2.22. The molecule has 2 aromatic rings. The molecule has 0 aliphatic rings. The van der Waals surface area contributed by atoms with Gasteiger partial charge in [-0.2, -0.15) is 0 Å². The maximum Gasteiger partial charge on any atom is 0.243 e. The van der Waals surface area contributed by atoms with Crippen molar-refractivity contribution < 1.29 is 13.5 Å². The zero-order chi connectivity index (χ0) is 13.9. The summed E-state index contributed by atoms with van der Waals surface area (Å²) in [4.78, 5) is -0.122. The van der Waals surface area contributed by atoms with E-state index in [9.17, 15) is 13.5 Å². The SMILES string of the molecule is Nc1c(O)cccc1S(=O)(=O)NCc1ccccc1. The zero-order valence-corrected chi connectivity index (χ0v) is 10.9. The van der Waals surface area contributed by atoms with E-state index in [-0.39, 0.29) is 22.9 Å². The fraction of sp³-hybridized carbons (Fsp3) is 0.0769. The highest BCUT2D eigenvalue weighted by atomic mass is 32.2. The number of sulfonamides is 1. The molecule has 4 N–H and O–H groups in total. The summed E-state index contributed by atoms with van der Waals surface area (Å²) in [6, 6.07) is 13.3. The molecule has 0 saturated carbocycles. The highest BCUT2D eigenvalue weighted by molar-refractivity contribution is 7.89. The number of phenolic OH excluding ortho intramolecular Hbond substituents is 1. The summed E-state index contributed by atoms with van der Waals surface area (Å²) in [6.07, 6.45) is 0. The molecule has 2 aromatic carbocycles. The first-order chi connectivity index (χ1) is 9.00. The number of benzene rings is 2. The lowest BCUT2D eigenvalue weighted by atomic mass is 10.2. The van der Waals surface area contributed by atoms with Gasteiger partial charge in [0.15, 0.2) is 0 Å². The second kappa shape index (κ2) is 5.29. The van der Waals surface area contributed by atoms with E-state index in [2.05, 4.69) is 4.72 Å². The summed E-state index contributed by atoms with van der Waals surface area (Å²) in [5.41, 5.74) is 6.26. The second-order valence-corrected chi connectivity index (χ2v) is 5.73. The van der Waals surface area contributed by atoms with Crippen molar-refractivity contribution in [3.8, 4) is 5.75 Å². The van der Waals surface area contributed by atoms with Gasteiger partial charge in [-0.05, 0) is 17.7 Å². The van der Waals surface area contributed by atoms with Crippen LogP contribution in [0.25, 0.3) is 0 Å². The number of phenols is 1. The van der Waals surface area contributed by atoms with Crippen LogP contribution in [-0.4, -0.2) is 13.5 Å². The highest BCUT2D eigenvalue weighted by Gasteiger charge is 2.18. The van der Waals surface area contributed by atoms with Gasteiger partial charge in [0.05, 0.1) is 5.69 Å². The van der Waals surface area contributed by atoms with E-state index >= 15 is 0 Å². The number of hydrogen-bond donors (Lipinski definition) is 3. The molecule has 0 aromatic heterocycles. The minimum Gasteiger partial charge on any atom is -0.506 e. The quantitative estimate of drug-likeness (QED) is 0.583. The summed E-state index contributed by atoms with van der Waals surface area (Å²) in [7, 11) is -3.75. The average Bonchev–Trinajstić information content (AvgIpc) is 2.41. The van der Waals surface area contributed by atoms with Crippen LogP contribution in [0, 0.1) is 0 Å². The van der Waals surface area contributed by atoms with Gasteiger partial charge in [-0.25, -0.2) is 13.1 Å². The molecule has 0 radical (unpaired) electrons. The topological polar surface area (TPSA) is 92.4 Å². The zero-order valence-electron chi connectivity index (χ0n) is 10.1. The first-order valence-electron chi connectivity index (χ1n) is 5.62. The monoisotopic (exact) mass is 278 g/mol. The molecule has 0 amide bonds. The smallest absolute Gasteiger partial charge is 0.243 e. The van der Waals surface area contributed by atoms with Crippen molar-refractivity contribution in [2.75, 3.05) is 5.73 Å². The van der Waals surface area contributed by atoms with Gasteiger partial charge in [-0.1, -0.05) is 36.4 Å². The molecule has 5 nitrogen and oxygen atoms in total. The Kier molecular flexibility index (Phi) is 3.73. The molecule has 0 atom stereocenters. The van der Waals surface area contributed by atoms with Crippen molar-refractivity contribution in [2.45, 2.75) is 11.4 Å². The van der Waals surface area contributed by atoms with Crippen molar-refractivity contribution in [3.63, 3.8) is 0 Å². The number of rotatable bonds is 4. The Morgan fingerprint density at radius 3 is 2.42 bits per heavy atom. The van der Waals surface area contributed by atoms with Crippen LogP contribution in [0.3, 0.4) is 0 Å². The van der Waals surface area contributed by atoms with E-state index in [1.54, 1.807) is 0 Å². The number of para-hydroxylation sites is 1. The fourth-order valence-electron chi connectivity index (χ4n) is 1.62. The summed E-state index contributed by atoms with van der Waals surface area (Å²) in [5, 5.41) is 9.43. The summed E-state index contributed by atoms with van der Waals surface area (Å²) in [6.45, 7) is 0.165. The lowest BCUT2D eigenvalue weighted by Crippen LogP contribution is -2.24. The Morgan fingerprint density at radius 1 is 1.05 bits per heavy atom. The molecule has 0 aliphatic heterocycles. The van der Waals surface area contributed by atoms with Gasteiger partial charge in [0, 0.05) is 6.54 Å². The Hall–Kier alpha value is -2.05. The molecule has 100 valence electrons. The van der Waals surface area contributed by atoms with Crippen LogP contribution >= 0.6 is 0 Å². The van der Waals surface area contributed by atoms with Crippen LogP contribution in [0.1, 0.15) is 5.56 Å². The maximum absolute atomic E-state index is 12.1. The standard InChI is InChI=1S/C13H14N2O3S/c14-13-11(16)7-4-8-12(13)19(17,18)15-9-10-5-2-1-3-6-10/h1-8,15-16H,9,14H2. The number of nitrogen functional groups attached to an aromatic ring is 1. The minimum atomic E-state index is -3.75. The molecule has 2 rings (SSSR count).